The van der Waals surface area contributed by atoms with Crippen molar-refractivity contribution in [2.45, 2.75) is 4.90 Å². The van der Waals surface area contributed by atoms with Gasteiger partial charge in [0.25, 0.3) is 5.91 Å². The van der Waals surface area contributed by atoms with Gasteiger partial charge in [0, 0.05) is 11.3 Å². The number of primary sulfonamides is 1. The highest BCUT2D eigenvalue weighted by Gasteiger charge is 2.14. The van der Waals surface area contributed by atoms with Crippen LogP contribution in [0, 0.1) is 0 Å². The van der Waals surface area contributed by atoms with Gasteiger partial charge in [0.05, 0.1) is 10.6 Å². The monoisotopic (exact) mass is 358 g/mol. The predicted octanol–water partition coefficient (Wildman–Crippen LogP) is 1.68. The van der Waals surface area contributed by atoms with Crippen LogP contribution in [0.5, 0.6) is 5.75 Å². The molecule has 0 aliphatic carbocycles. The number of H-pyrrole nitrogens is 1. The molecule has 0 aliphatic rings. The zero-order valence-corrected chi connectivity index (χ0v) is 13.6. The van der Waals surface area contributed by atoms with Gasteiger partial charge in [-0.1, -0.05) is 12.1 Å². The number of aromatic amines is 1. The number of rotatable bonds is 4. The molecular weight excluding hydrogens is 344 g/mol. The maximum Gasteiger partial charge on any atom is 0.273 e. The molecule has 0 saturated heterocycles. The maximum atomic E-state index is 12.2. The molecular formula is C16H14N4O4S. The molecule has 128 valence electrons. The largest absolute Gasteiger partial charge is 0.507 e. The summed E-state index contributed by atoms with van der Waals surface area (Å²) < 4.78 is 22.4. The number of aromatic hydroxyl groups is 1. The molecule has 0 radical (unpaired) electrons. The van der Waals surface area contributed by atoms with E-state index in [1.807, 2.05) is 0 Å². The molecule has 0 bridgehead atoms. The lowest BCUT2D eigenvalue weighted by molar-refractivity contribution is 0.102. The van der Waals surface area contributed by atoms with E-state index in [0.29, 0.717) is 16.9 Å². The first kappa shape index (κ1) is 16.7. The van der Waals surface area contributed by atoms with Crippen LogP contribution in [0.25, 0.3) is 11.3 Å². The van der Waals surface area contributed by atoms with E-state index in [9.17, 15) is 18.3 Å². The SMILES string of the molecule is NS(=O)(=O)c1ccc(NC(=O)c2cc(-c3ccccc3O)n[nH]2)cc1. The minimum Gasteiger partial charge on any atom is -0.507 e. The number of phenolic OH excluding ortho intramolecular Hbond substituents is 1. The highest BCUT2D eigenvalue weighted by Crippen LogP contribution is 2.27. The van der Waals surface area contributed by atoms with Gasteiger partial charge in [0.1, 0.15) is 11.4 Å². The number of nitrogens with zero attached hydrogens (tertiary/aromatic N) is 1. The Morgan fingerprint density at radius 2 is 1.80 bits per heavy atom. The Kier molecular flexibility index (Phi) is 4.26. The van der Waals surface area contributed by atoms with Crippen molar-refractivity contribution in [3.8, 4) is 17.0 Å². The normalized spacial score (nSPS) is 11.2. The van der Waals surface area contributed by atoms with E-state index in [1.165, 1.54) is 36.4 Å². The summed E-state index contributed by atoms with van der Waals surface area (Å²) in [7, 11) is -3.78. The average Bonchev–Trinajstić information content (AvgIpc) is 3.05. The van der Waals surface area contributed by atoms with Gasteiger partial charge in [0.2, 0.25) is 10.0 Å². The number of sulfonamides is 1. The van der Waals surface area contributed by atoms with Gasteiger partial charge >= 0.3 is 0 Å². The second-order valence-corrected chi connectivity index (χ2v) is 6.77. The number of hydrogen-bond donors (Lipinski definition) is 4. The van der Waals surface area contributed by atoms with Crippen molar-refractivity contribution in [1.29, 1.82) is 0 Å². The number of amides is 1. The fraction of sp³-hybridized carbons (Fsp3) is 0. The summed E-state index contributed by atoms with van der Waals surface area (Å²) in [6.45, 7) is 0. The van der Waals surface area contributed by atoms with E-state index >= 15 is 0 Å². The minimum absolute atomic E-state index is 0.0473. The Hall–Kier alpha value is -3.17. The van der Waals surface area contributed by atoms with E-state index in [1.54, 1.807) is 18.2 Å². The topological polar surface area (TPSA) is 138 Å². The zero-order valence-electron chi connectivity index (χ0n) is 12.8. The number of aromatic nitrogens is 2. The van der Waals surface area contributed by atoms with Crippen molar-refractivity contribution in [2.75, 3.05) is 5.32 Å². The minimum atomic E-state index is -3.78. The summed E-state index contributed by atoms with van der Waals surface area (Å²) in [5, 5.41) is 24.1. The van der Waals surface area contributed by atoms with Crippen molar-refractivity contribution in [2.24, 2.45) is 5.14 Å². The number of nitrogens with one attached hydrogen (secondary N) is 2. The van der Waals surface area contributed by atoms with E-state index in [0.717, 1.165) is 0 Å². The Morgan fingerprint density at radius 1 is 1.12 bits per heavy atom. The molecule has 1 amide bonds. The number of anilines is 1. The molecule has 25 heavy (non-hydrogen) atoms. The number of para-hydroxylation sites is 1. The highest BCUT2D eigenvalue weighted by atomic mass is 32.2. The summed E-state index contributed by atoms with van der Waals surface area (Å²) in [4.78, 5) is 12.2. The van der Waals surface area contributed by atoms with Gasteiger partial charge in [-0.05, 0) is 42.5 Å². The molecule has 0 aliphatic heterocycles. The molecule has 9 heteroatoms. The van der Waals surface area contributed by atoms with Crippen molar-refractivity contribution in [3.63, 3.8) is 0 Å². The lowest BCUT2D eigenvalue weighted by atomic mass is 10.1. The zero-order chi connectivity index (χ0) is 18.0. The van der Waals surface area contributed by atoms with E-state index < -0.39 is 15.9 Å². The molecule has 0 atom stereocenters. The molecule has 3 aromatic rings. The average molecular weight is 358 g/mol. The quantitative estimate of drug-likeness (QED) is 0.562. The predicted molar refractivity (Wildman–Crippen MR) is 91.5 cm³/mol. The van der Waals surface area contributed by atoms with Crippen LogP contribution in [0.1, 0.15) is 10.5 Å². The van der Waals surface area contributed by atoms with Crippen LogP contribution >= 0.6 is 0 Å². The third-order valence-electron chi connectivity index (χ3n) is 3.44. The third-order valence-corrected chi connectivity index (χ3v) is 4.37. The van der Waals surface area contributed by atoms with Gasteiger partial charge in [-0.2, -0.15) is 5.10 Å². The first-order valence-corrected chi connectivity index (χ1v) is 8.67. The second-order valence-electron chi connectivity index (χ2n) is 5.21. The number of benzene rings is 2. The van der Waals surface area contributed by atoms with E-state index in [-0.39, 0.29) is 16.3 Å². The van der Waals surface area contributed by atoms with Crippen LogP contribution in [0.2, 0.25) is 0 Å². The Balaban J connectivity index is 1.77. The van der Waals surface area contributed by atoms with Crippen LogP contribution in [-0.4, -0.2) is 29.6 Å². The molecule has 3 rings (SSSR count). The summed E-state index contributed by atoms with van der Waals surface area (Å²) >= 11 is 0. The van der Waals surface area contributed by atoms with Crippen LogP contribution in [0.15, 0.2) is 59.5 Å². The molecule has 2 aromatic carbocycles. The lowest BCUT2D eigenvalue weighted by Gasteiger charge is -2.04. The van der Waals surface area contributed by atoms with Crippen LogP contribution in [-0.2, 0) is 10.0 Å². The van der Waals surface area contributed by atoms with Gasteiger partial charge in [-0.25, -0.2) is 13.6 Å². The smallest absolute Gasteiger partial charge is 0.273 e. The van der Waals surface area contributed by atoms with Crippen molar-refractivity contribution >= 4 is 21.6 Å². The molecule has 0 fully saturated rings. The number of carbonyl (C=O) groups excluding carboxylic acids is 1. The Labute approximate surface area is 143 Å². The number of hydrogen-bond acceptors (Lipinski definition) is 5. The van der Waals surface area contributed by atoms with Gasteiger partial charge in [-0.3, -0.25) is 9.89 Å². The van der Waals surface area contributed by atoms with Crippen molar-refractivity contribution < 1.29 is 18.3 Å². The van der Waals surface area contributed by atoms with E-state index in [4.69, 9.17) is 5.14 Å². The van der Waals surface area contributed by atoms with Crippen molar-refractivity contribution in [3.05, 3.63) is 60.3 Å². The molecule has 5 N–H and O–H groups in total. The third kappa shape index (κ3) is 3.67. The summed E-state index contributed by atoms with van der Waals surface area (Å²) in [5.74, 6) is -0.405. The van der Waals surface area contributed by atoms with Gasteiger partial charge in [-0.15, -0.1) is 0 Å². The molecule has 8 nitrogen and oxygen atoms in total. The number of phenols is 1. The molecule has 0 spiro atoms. The summed E-state index contributed by atoms with van der Waals surface area (Å²) in [6.07, 6.45) is 0. The van der Waals surface area contributed by atoms with Crippen LogP contribution in [0.4, 0.5) is 5.69 Å². The van der Waals surface area contributed by atoms with Crippen LogP contribution in [0.3, 0.4) is 0 Å². The molecule has 1 aromatic heterocycles. The lowest BCUT2D eigenvalue weighted by Crippen LogP contribution is -2.14. The Morgan fingerprint density at radius 3 is 2.44 bits per heavy atom. The first-order chi connectivity index (χ1) is 11.8. The summed E-state index contributed by atoms with van der Waals surface area (Å²) in [5.41, 5.74) is 1.51. The van der Waals surface area contributed by atoms with E-state index in [2.05, 4.69) is 15.5 Å². The fourth-order valence-electron chi connectivity index (χ4n) is 2.19. The Bertz CT molecular complexity index is 1030. The number of carbonyl (C=O) groups is 1. The summed E-state index contributed by atoms with van der Waals surface area (Å²) in [6, 6.07) is 13.6. The number of nitrogens with two attached hydrogens (primary N) is 1. The standard InChI is InChI=1S/C16H14N4O4S/c17-25(23,24)11-7-5-10(6-8-11)18-16(22)14-9-13(19-20-14)12-3-1-2-4-15(12)21/h1-9,21H,(H,18,22)(H,19,20)(H2,17,23,24). The van der Waals surface area contributed by atoms with Crippen LogP contribution < -0.4 is 10.5 Å². The van der Waals surface area contributed by atoms with Crippen molar-refractivity contribution in [1.82, 2.24) is 10.2 Å². The fourth-order valence-corrected chi connectivity index (χ4v) is 2.71. The maximum absolute atomic E-state index is 12.2. The molecule has 0 unspecified atom stereocenters. The van der Waals surface area contributed by atoms with Gasteiger partial charge < -0.3 is 10.4 Å². The first-order valence-electron chi connectivity index (χ1n) is 7.12. The second kappa shape index (κ2) is 6.38. The molecule has 0 saturated carbocycles. The molecule has 1 heterocycles. The van der Waals surface area contributed by atoms with Gasteiger partial charge in [0.15, 0.2) is 0 Å². The highest BCUT2D eigenvalue weighted by molar-refractivity contribution is 7.89.